The third-order valence-corrected chi connectivity index (χ3v) is 2.98. The standard InChI is InChI=1S/C16H23NO4/c1-3-21-15(18)10-12-17(11-7-13-20-2)16(19)14-8-5-4-6-9-14/h4-6,8-9H,3,7,10-13H2,1-2H3. The SMILES string of the molecule is CCOC(=O)CCN(CCCOC)C(=O)c1ccccc1. The van der Waals surface area contributed by atoms with Crippen molar-refractivity contribution in [2.75, 3.05) is 33.4 Å². The molecular formula is C16H23NO4. The monoisotopic (exact) mass is 293 g/mol. The Labute approximate surface area is 125 Å². The van der Waals surface area contributed by atoms with Crippen LogP contribution in [0.4, 0.5) is 0 Å². The second kappa shape index (κ2) is 9.94. The zero-order valence-electron chi connectivity index (χ0n) is 12.7. The van der Waals surface area contributed by atoms with Crippen LogP contribution >= 0.6 is 0 Å². The van der Waals surface area contributed by atoms with E-state index in [1.807, 2.05) is 18.2 Å². The zero-order chi connectivity index (χ0) is 15.5. The Morgan fingerprint density at radius 3 is 2.48 bits per heavy atom. The molecule has 0 spiro atoms. The highest BCUT2D eigenvalue weighted by Crippen LogP contribution is 2.07. The van der Waals surface area contributed by atoms with E-state index in [2.05, 4.69) is 0 Å². The lowest BCUT2D eigenvalue weighted by molar-refractivity contribution is -0.143. The minimum absolute atomic E-state index is 0.0731. The van der Waals surface area contributed by atoms with E-state index in [0.29, 0.717) is 31.9 Å². The van der Waals surface area contributed by atoms with Crippen molar-refractivity contribution in [3.8, 4) is 0 Å². The van der Waals surface area contributed by atoms with Gasteiger partial charge in [0.2, 0.25) is 0 Å². The first-order valence-corrected chi connectivity index (χ1v) is 7.18. The van der Waals surface area contributed by atoms with Crippen LogP contribution < -0.4 is 0 Å². The van der Waals surface area contributed by atoms with Crippen molar-refractivity contribution in [2.24, 2.45) is 0 Å². The van der Waals surface area contributed by atoms with E-state index in [-0.39, 0.29) is 18.3 Å². The van der Waals surface area contributed by atoms with Gasteiger partial charge in [0.25, 0.3) is 5.91 Å². The maximum atomic E-state index is 12.4. The van der Waals surface area contributed by atoms with Gasteiger partial charge in [-0.05, 0) is 25.5 Å². The van der Waals surface area contributed by atoms with Gasteiger partial charge in [-0.25, -0.2) is 0 Å². The lowest BCUT2D eigenvalue weighted by Gasteiger charge is -2.22. The summed E-state index contributed by atoms with van der Waals surface area (Å²) in [6.45, 7) is 3.62. The first kappa shape index (κ1) is 17.2. The van der Waals surface area contributed by atoms with Crippen molar-refractivity contribution < 1.29 is 19.1 Å². The second-order valence-corrected chi connectivity index (χ2v) is 4.56. The van der Waals surface area contributed by atoms with Crippen molar-refractivity contribution in [1.29, 1.82) is 0 Å². The molecule has 0 atom stereocenters. The van der Waals surface area contributed by atoms with Gasteiger partial charge in [-0.1, -0.05) is 18.2 Å². The molecule has 1 amide bonds. The number of carbonyl (C=O) groups is 2. The molecule has 1 aromatic rings. The van der Waals surface area contributed by atoms with Gasteiger partial charge in [0.05, 0.1) is 13.0 Å². The summed E-state index contributed by atoms with van der Waals surface area (Å²) in [5.41, 5.74) is 0.624. The molecule has 116 valence electrons. The predicted octanol–water partition coefficient (Wildman–Crippen LogP) is 2.12. The number of carbonyl (C=O) groups excluding carboxylic acids is 2. The number of benzene rings is 1. The van der Waals surface area contributed by atoms with Crippen LogP contribution in [0.25, 0.3) is 0 Å². The molecule has 0 aliphatic rings. The Bertz CT molecular complexity index is 433. The average molecular weight is 293 g/mol. The van der Waals surface area contributed by atoms with Crippen LogP contribution in [0.1, 0.15) is 30.1 Å². The Morgan fingerprint density at radius 2 is 1.86 bits per heavy atom. The third kappa shape index (κ3) is 6.40. The molecule has 1 rings (SSSR count). The highest BCUT2D eigenvalue weighted by Gasteiger charge is 2.16. The molecule has 0 fully saturated rings. The molecule has 0 aliphatic carbocycles. The summed E-state index contributed by atoms with van der Waals surface area (Å²) in [5, 5.41) is 0. The molecule has 0 aliphatic heterocycles. The largest absolute Gasteiger partial charge is 0.466 e. The fourth-order valence-electron chi connectivity index (χ4n) is 1.94. The van der Waals surface area contributed by atoms with Gasteiger partial charge in [-0.3, -0.25) is 9.59 Å². The van der Waals surface area contributed by atoms with Crippen LogP contribution in [0.15, 0.2) is 30.3 Å². The van der Waals surface area contributed by atoms with Crippen molar-refractivity contribution in [2.45, 2.75) is 19.8 Å². The highest BCUT2D eigenvalue weighted by atomic mass is 16.5. The van der Waals surface area contributed by atoms with Crippen LogP contribution in [0.3, 0.4) is 0 Å². The minimum Gasteiger partial charge on any atom is -0.466 e. The smallest absolute Gasteiger partial charge is 0.307 e. The van der Waals surface area contributed by atoms with E-state index >= 15 is 0 Å². The van der Waals surface area contributed by atoms with Crippen molar-refractivity contribution in [3.63, 3.8) is 0 Å². The Kier molecular flexibility index (Phi) is 8.12. The number of esters is 1. The minimum atomic E-state index is -0.282. The lowest BCUT2D eigenvalue weighted by atomic mass is 10.2. The molecule has 0 N–H and O–H groups in total. The summed E-state index contributed by atoms with van der Waals surface area (Å²) >= 11 is 0. The van der Waals surface area contributed by atoms with Crippen LogP contribution in [0, 0.1) is 0 Å². The maximum Gasteiger partial charge on any atom is 0.307 e. The van der Waals surface area contributed by atoms with Gasteiger partial charge in [0.15, 0.2) is 0 Å². The zero-order valence-corrected chi connectivity index (χ0v) is 12.7. The summed E-state index contributed by atoms with van der Waals surface area (Å²) in [6.07, 6.45) is 0.942. The second-order valence-electron chi connectivity index (χ2n) is 4.56. The molecule has 0 unspecified atom stereocenters. The number of nitrogens with zero attached hydrogens (tertiary/aromatic N) is 1. The fourth-order valence-corrected chi connectivity index (χ4v) is 1.94. The number of methoxy groups -OCH3 is 1. The predicted molar refractivity (Wildman–Crippen MR) is 80.1 cm³/mol. The van der Waals surface area contributed by atoms with Gasteiger partial charge < -0.3 is 14.4 Å². The number of hydrogen-bond acceptors (Lipinski definition) is 4. The first-order chi connectivity index (χ1) is 10.2. The molecule has 5 nitrogen and oxygen atoms in total. The van der Waals surface area contributed by atoms with Gasteiger partial charge in [-0.2, -0.15) is 0 Å². The van der Waals surface area contributed by atoms with Crippen LogP contribution in [0.2, 0.25) is 0 Å². The first-order valence-electron chi connectivity index (χ1n) is 7.18. The number of hydrogen-bond donors (Lipinski definition) is 0. The molecule has 0 saturated heterocycles. The Morgan fingerprint density at radius 1 is 1.14 bits per heavy atom. The summed E-state index contributed by atoms with van der Waals surface area (Å²) < 4.78 is 9.91. The average Bonchev–Trinajstić information content (AvgIpc) is 2.51. The van der Waals surface area contributed by atoms with Crippen LogP contribution in [0.5, 0.6) is 0 Å². The molecule has 0 bridgehead atoms. The molecular weight excluding hydrogens is 270 g/mol. The summed E-state index contributed by atoms with van der Waals surface area (Å²) in [7, 11) is 1.63. The topological polar surface area (TPSA) is 55.8 Å². The van der Waals surface area contributed by atoms with E-state index in [9.17, 15) is 9.59 Å². The molecule has 5 heteroatoms. The van der Waals surface area contributed by atoms with E-state index in [1.54, 1.807) is 31.1 Å². The molecule has 0 aromatic heterocycles. The number of amides is 1. The van der Waals surface area contributed by atoms with E-state index in [1.165, 1.54) is 0 Å². The Hall–Kier alpha value is -1.88. The highest BCUT2D eigenvalue weighted by molar-refractivity contribution is 5.94. The summed E-state index contributed by atoms with van der Waals surface area (Å²) in [5.74, 6) is -0.355. The summed E-state index contributed by atoms with van der Waals surface area (Å²) in [4.78, 5) is 25.6. The van der Waals surface area contributed by atoms with Crippen molar-refractivity contribution >= 4 is 11.9 Å². The normalized spacial score (nSPS) is 10.2. The van der Waals surface area contributed by atoms with Crippen molar-refractivity contribution in [3.05, 3.63) is 35.9 Å². The van der Waals surface area contributed by atoms with Gasteiger partial charge >= 0.3 is 5.97 Å². The van der Waals surface area contributed by atoms with Gasteiger partial charge in [0, 0.05) is 32.4 Å². The van der Waals surface area contributed by atoms with Crippen LogP contribution in [-0.2, 0) is 14.3 Å². The molecule has 0 radical (unpaired) electrons. The lowest BCUT2D eigenvalue weighted by Crippen LogP contribution is -2.34. The van der Waals surface area contributed by atoms with Gasteiger partial charge in [0.1, 0.15) is 0 Å². The molecule has 0 heterocycles. The quantitative estimate of drug-likeness (QED) is 0.517. The maximum absolute atomic E-state index is 12.4. The molecule has 1 aromatic carbocycles. The number of rotatable bonds is 9. The van der Waals surface area contributed by atoms with Gasteiger partial charge in [-0.15, -0.1) is 0 Å². The number of ether oxygens (including phenoxy) is 2. The molecule has 0 saturated carbocycles. The van der Waals surface area contributed by atoms with E-state index in [4.69, 9.17) is 9.47 Å². The van der Waals surface area contributed by atoms with E-state index < -0.39 is 0 Å². The third-order valence-electron chi connectivity index (χ3n) is 2.98. The van der Waals surface area contributed by atoms with Crippen molar-refractivity contribution in [1.82, 2.24) is 4.90 Å². The Balaban J connectivity index is 2.62. The summed E-state index contributed by atoms with van der Waals surface area (Å²) in [6, 6.07) is 9.06. The van der Waals surface area contributed by atoms with E-state index in [0.717, 1.165) is 6.42 Å². The van der Waals surface area contributed by atoms with Crippen LogP contribution in [-0.4, -0.2) is 50.2 Å². The fraction of sp³-hybridized carbons (Fsp3) is 0.500. The molecule has 21 heavy (non-hydrogen) atoms.